The van der Waals surface area contributed by atoms with Crippen molar-refractivity contribution in [2.24, 2.45) is 0 Å². The predicted molar refractivity (Wildman–Crippen MR) is 71.5 cm³/mol. The number of thioether (sulfide) groups is 2. The zero-order valence-corrected chi connectivity index (χ0v) is 11.7. The fraction of sp³-hybridized carbons (Fsp3) is 0.400. The molecule has 0 saturated heterocycles. The summed E-state index contributed by atoms with van der Waals surface area (Å²) in [5.74, 6) is 1.64. The molecule has 0 aromatic heterocycles. The van der Waals surface area contributed by atoms with E-state index in [4.69, 9.17) is 4.74 Å². The second kappa shape index (κ2) is 11.5. The molecule has 0 N–H and O–H groups in total. The highest BCUT2D eigenvalue weighted by Gasteiger charge is 1.84. The summed E-state index contributed by atoms with van der Waals surface area (Å²) in [7, 11) is 0. The first-order valence-electron chi connectivity index (χ1n) is 4.42. The molecule has 0 radical (unpaired) electrons. The van der Waals surface area contributed by atoms with E-state index in [9.17, 15) is 8.76 Å². The Labute approximate surface area is 108 Å². The van der Waals surface area contributed by atoms with Gasteiger partial charge in [-0.15, -0.1) is 23.5 Å². The Bertz CT molecular complexity index is 276. The van der Waals surface area contributed by atoms with Gasteiger partial charge in [0.15, 0.2) is 0 Å². The standard InChI is InChI=1S/C6H6O2S.C4H10OS2/c7-9(8)6-4-2-1-3-5-6;1-6-3-5-4-7-2/h1-5H,(H,7,8);3-4H2,1-2H3/p-1. The third-order valence-electron chi connectivity index (χ3n) is 1.34. The van der Waals surface area contributed by atoms with E-state index in [0.717, 1.165) is 11.9 Å². The number of hydrogen-bond acceptors (Lipinski definition) is 5. The van der Waals surface area contributed by atoms with E-state index in [1.165, 1.54) is 0 Å². The highest BCUT2D eigenvalue weighted by Crippen LogP contribution is 2.00. The van der Waals surface area contributed by atoms with Crippen LogP contribution in [0.5, 0.6) is 0 Å². The van der Waals surface area contributed by atoms with Crippen LogP contribution in [0.15, 0.2) is 35.2 Å². The van der Waals surface area contributed by atoms with Crippen LogP contribution in [-0.2, 0) is 15.8 Å². The van der Waals surface area contributed by atoms with Crippen molar-refractivity contribution in [2.45, 2.75) is 4.90 Å². The third kappa shape index (κ3) is 9.23. The molecule has 1 aromatic carbocycles. The van der Waals surface area contributed by atoms with Gasteiger partial charge in [-0.1, -0.05) is 18.2 Å². The largest absolute Gasteiger partial charge is 0.768 e. The van der Waals surface area contributed by atoms with E-state index in [0.29, 0.717) is 4.90 Å². The summed E-state index contributed by atoms with van der Waals surface area (Å²) in [6, 6.07) is 8.23. The Morgan fingerprint density at radius 2 is 1.69 bits per heavy atom. The second-order valence-electron chi connectivity index (χ2n) is 2.56. The molecule has 1 unspecified atom stereocenters. The van der Waals surface area contributed by atoms with Gasteiger partial charge in [0, 0.05) is 4.90 Å². The fourth-order valence-electron chi connectivity index (χ4n) is 0.732. The SMILES string of the molecule is CSCOCSC.O=S([O-])c1ccccc1. The number of benzene rings is 1. The Hall–Kier alpha value is -0.0100. The number of hydrogen-bond donors (Lipinski definition) is 0. The first-order chi connectivity index (χ1) is 7.72. The average molecular weight is 279 g/mol. The lowest BCUT2D eigenvalue weighted by Gasteiger charge is -2.01. The quantitative estimate of drug-likeness (QED) is 0.471. The number of rotatable bonds is 5. The van der Waals surface area contributed by atoms with Crippen molar-refractivity contribution in [3.63, 3.8) is 0 Å². The van der Waals surface area contributed by atoms with Crippen molar-refractivity contribution < 1.29 is 13.5 Å². The first kappa shape index (κ1) is 16.0. The molecule has 0 aliphatic rings. The first-order valence-corrected chi connectivity index (χ1v) is 8.28. The monoisotopic (exact) mass is 279 g/mol. The Kier molecular flexibility index (Phi) is 11.5. The highest BCUT2D eigenvalue weighted by atomic mass is 32.2. The normalized spacial score (nSPS) is 11.4. The maximum atomic E-state index is 10.2. The minimum absolute atomic E-state index is 0.331. The van der Waals surface area contributed by atoms with E-state index >= 15 is 0 Å². The molecule has 1 rings (SSSR count). The van der Waals surface area contributed by atoms with Crippen molar-refractivity contribution in [1.82, 2.24) is 0 Å². The summed E-state index contributed by atoms with van der Waals surface area (Å²) >= 11 is 1.33. The van der Waals surface area contributed by atoms with Crippen LogP contribution >= 0.6 is 23.5 Å². The zero-order valence-electron chi connectivity index (χ0n) is 9.25. The van der Waals surface area contributed by atoms with Crippen LogP contribution in [0, 0.1) is 0 Å². The lowest BCUT2D eigenvalue weighted by Crippen LogP contribution is -1.85. The average Bonchev–Trinajstić information content (AvgIpc) is 2.32. The molecule has 1 atom stereocenters. The molecule has 0 bridgehead atoms. The Morgan fingerprint density at radius 1 is 1.19 bits per heavy atom. The second-order valence-corrected chi connectivity index (χ2v) is 5.13. The van der Waals surface area contributed by atoms with E-state index in [2.05, 4.69) is 0 Å². The van der Waals surface area contributed by atoms with E-state index in [1.807, 2.05) is 12.5 Å². The van der Waals surface area contributed by atoms with Gasteiger partial charge in [0.2, 0.25) is 0 Å². The van der Waals surface area contributed by atoms with Crippen LogP contribution in [-0.4, -0.2) is 33.2 Å². The van der Waals surface area contributed by atoms with Gasteiger partial charge in [-0.25, -0.2) is 0 Å². The summed E-state index contributed by atoms with van der Waals surface area (Å²) in [5, 5.41) is 0. The predicted octanol–water partition coefficient (Wildman–Crippen LogP) is 2.57. The molecule has 16 heavy (non-hydrogen) atoms. The molecule has 3 nitrogen and oxygen atoms in total. The van der Waals surface area contributed by atoms with E-state index in [-0.39, 0.29) is 0 Å². The molecule has 6 heteroatoms. The van der Waals surface area contributed by atoms with Gasteiger partial charge in [0.25, 0.3) is 0 Å². The lowest BCUT2D eigenvalue weighted by molar-refractivity contribution is 0.241. The number of ether oxygens (including phenoxy) is 1. The summed E-state index contributed by atoms with van der Waals surface area (Å²) in [6.07, 6.45) is 4.06. The molecule has 92 valence electrons. The molecule has 0 heterocycles. The van der Waals surface area contributed by atoms with Crippen molar-refractivity contribution in [1.29, 1.82) is 0 Å². The summed E-state index contributed by atoms with van der Waals surface area (Å²) in [5.41, 5.74) is 0. The maximum Gasteiger partial charge on any atom is 0.0929 e. The highest BCUT2D eigenvalue weighted by molar-refractivity contribution is 7.99. The third-order valence-corrected chi connectivity index (χ3v) is 2.80. The van der Waals surface area contributed by atoms with Gasteiger partial charge >= 0.3 is 0 Å². The zero-order chi connectivity index (χ0) is 12.2. The van der Waals surface area contributed by atoms with Crippen molar-refractivity contribution in [3.8, 4) is 0 Å². The molecule has 1 aromatic rings. The lowest BCUT2D eigenvalue weighted by atomic mass is 10.4. The topological polar surface area (TPSA) is 49.4 Å². The van der Waals surface area contributed by atoms with Gasteiger partial charge < -0.3 is 9.29 Å². The minimum atomic E-state index is -2.08. The van der Waals surface area contributed by atoms with Crippen LogP contribution in [0.4, 0.5) is 0 Å². The summed E-state index contributed by atoms with van der Waals surface area (Å²) in [4.78, 5) is 0.331. The van der Waals surface area contributed by atoms with Crippen LogP contribution in [0.3, 0.4) is 0 Å². The van der Waals surface area contributed by atoms with E-state index in [1.54, 1.807) is 53.9 Å². The van der Waals surface area contributed by atoms with Crippen LogP contribution in [0.2, 0.25) is 0 Å². The maximum absolute atomic E-state index is 10.2. The van der Waals surface area contributed by atoms with Crippen LogP contribution in [0.1, 0.15) is 0 Å². The molecule has 0 spiro atoms. The van der Waals surface area contributed by atoms with Crippen molar-refractivity contribution in [3.05, 3.63) is 30.3 Å². The van der Waals surface area contributed by atoms with Gasteiger partial charge in [-0.05, 0) is 35.7 Å². The van der Waals surface area contributed by atoms with Gasteiger partial charge in [0.1, 0.15) is 0 Å². The van der Waals surface area contributed by atoms with Gasteiger partial charge in [0.05, 0.1) is 11.9 Å². The van der Waals surface area contributed by atoms with E-state index < -0.39 is 11.1 Å². The molecule has 0 aliphatic carbocycles. The summed E-state index contributed by atoms with van der Waals surface area (Å²) < 4.78 is 25.5. The van der Waals surface area contributed by atoms with Gasteiger partial charge in [-0.2, -0.15) is 0 Å². The van der Waals surface area contributed by atoms with Gasteiger partial charge in [-0.3, -0.25) is 4.21 Å². The smallest absolute Gasteiger partial charge is 0.0929 e. The van der Waals surface area contributed by atoms with Crippen molar-refractivity contribution in [2.75, 3.05) is 24.4 Å². The van der Waals surface area contributed by atoms with Crippen molar-refractivity contribution >= 4 is 34.6 Å². The molecule has 0 amide bonds. The Balaban J connectivity index is 0.000000293. The molecular formula is C10H15O3S3-. The molecule has 0 saturated carbocycles. The minimum Gasteiger partial charge on any atom is -0.768 e. The molecule has 0 aliphatic heterocycles. The molecule has 0 fully saturated rings. The summed E-state index contributed by atoms with van der Waals surface area (Å²) in [6.45, 7) is 0. The molecular weight excluding hydrogens is 264 g/mol. The Morgan fingerprint density at radius 3 is 2.00 bits per heavy atom. The fourth-order valence-corrected chi connectivity index (χ4v) is 1.72. The van der Waals surface area contributed by atoms with Crippen LogP contribution < -0.4 is 0 Å². The van der Waals surface area contributed by atoms with Crippen LogP contribution in [0.25, 0.3) is 0 Å².